The minimum atomic E-state index is -3.84. The highest BCUT2D eigenvalue weighted by atomic mass is 32.1. The third-order valence-corrected chi connectivity index (χ3v) is 16.3. The fourth-order valence-corrected chi connectivity index (χ4v) is 12.8. The molecule has 0 spiro atoms. The number of hydrogen-bond donors (Lipinski definition) is 2. The van der Waals surface area contributed by atoms with Gasteiger partial charge in [0, 0.05) is 36.9 Å². The molecule has 14 nitrogen and oxygen atoms in total. The van der Waals surface area contributed by atoms with Gasteiger partial charge >= 0.3 is 13.5 Å². The molecule has 2 N–H and O–H groups in total. The normalized spacial score (nSPS) is 24.7. The van der Waals surface area contributed by atoms with Gasteiger partial charge in [0.25, 0.3) is 5.91 Å². The summed E-state index contributed by atoms with van der Waals surface area (Å²) in [6, 6.07) is 23.2. The molecule has 5 heterocycles. The summed E-state index contributed by atoms with van der Waals surface area (Å²) in [5.41, 5.74) is 1.53. The van der Waals surface area contributed by atoms with Crippen LogP contribution in [0.5, 0.6) is 5.75 Å². The molecule has 64 heavy (non-hydrogen) atoms. The Morgan fingerprint density at radius 2 is 1.56 bits per heavy atom. The third-order valence-electron chi connectivity index (χ3n) is 13.2. The lowest BCUT2D eigenvalue weighted by atomic mass is 9.96. The highest BCUT2D eigenvalue weighted by molar-refractivity contribution is 7.56. The van der Waals surface area contributed by atoms with Crippen molar-refractivity contribution in [2.45, 2.75) is 88.8 Å². The van der Waals surface area contributed by atoms with Crippen LogP contribution in [0.1, 0.15) is 66.8 Å². The van der Waals surface area contributed by atoms with E-state index in [9.17, 15) is 28.5 Å². The van der Waals surface area contributed by atoms with Crippen LogP contribution in [-0.4, -0.2) is 114 Å². The van der Waals surface area contributed by atoms with Crippen LogP contribution in [0.2, 0.25) is 0 Å². The van der Waals surface area contributed by atoms with Crippen LogP contribution in [0.25, 0.3) is 10.1 Å². The van der Waals surface area contributed by atoms with Crippen LogP contribution in [0.4, 0.5) is 0 Å². The molecular formula is C48H56N5O9PS. The molecule has 4 aromatic rings. The van der Waals surface area contributed by atoms with E-state index in [1.165, 1.54) is 11.3 Å². The highest BCUT2D eigenvalue weighted by Crippen LogP contribution is 2.50. The van der Waals surface area contributed by atoms with Gasteiger partial charge < -0.3 is 34.0 Å². The molecule has 1 unspecified atom stereocenters. The van der Waals surface area contributed by atoms with E-state index in [0.717, 1.165) is 34.9 Å². The Kier molecular flexibility index (Phi) is 13.0. The summed E-state index contributed by atoms with van der Waals surface area (Å²) in [6.07, 6.45) is 3.49. The van der Waals surface area contributed by atoms with Crippen LogP contribution in [0, 0.1) is 17.8 Å². The average molecular weight is 910 g/mol. The number of benzene rings is 3. The highest BCUT2D eigenvalue weighted by Gasteiger charge is 2.53. The summed E-state index contributed by atoms with van der Waals surface area (Å²) < 4.78 is 33.0. The first kappa shape index (κ1) is 44.1. The van der Waals surface area contributed by atoms with Crippen molar-refractivity contribution >= 4 is 58.5 Å². The van der Waals surface area contributed by atoms with Crippen LogP contribution in [-0.2, 0) is 45.8 Å². The zero-order chi connectivity index (χ0) is 44.5. The van der Waals surface area contributed by atoms with Crippen molar-refractivity contribution in [3.05, 3.63) is 101 Å². The van der Waals surface area contributed by atoms with Crippen molar-refractivity contribution in [2.75, 3.05) is 39.4 Å². The van der Waals surface area contributed by atoms with Gasteiger partial charge in [-0.1, -0.05) is 54.6 Å². The number of amides is 4. The number of hydrogen-bond acceptors (Lipinski definition) is 10. The van der Waals surface area contributed by atoms with E-state index in [4.69, 9.17) is 14.0 Å². The van der Waals surface area contributed by atoms with Crippen LogP contribution < -0.4 is 14.9 Å². The average Bonchev–Trinajstić information content (AvgIpc) is 3.61. The van der Waals surface area contributed by atoms with Gasteiger partial charge in [-0.3, -0.25) is 28.5 Å². The smallest absolute Gasteiger partial charge is 0.324 e. The number of rotatable bonds is 14. The van der Waals surface area contributed by atoms with E-state index in [1.54, 1.807) is 54.0 Å². The number of nitrogens with zero attached hydrogens (tertiary/aromatic N) is 3. The Labute approximate surface area is 377 Å². The Morgan fingerprint density at radius 1 is 0.844 bits per heavy atom. The maximum atomic E-state index is 14.9. The first-order valence-electron chi connectivity index (χ1n) is 22.6. The molecule has 4 saturated heterocycles. The Morgan fingerprint density at radius 3 is 2.30 bits per heavy atom. The fourth-order valence-electron chi connectivity index (χ4n) is 9.81. The topological polar surface area (TPSA) is 164 Å². The largest absolute Gasteiger partial charge is 0.462 e. The van der Waals surface area contributed by atoms with Gasteiger partial charge in [-0.2, -0.15) is 0 Å². The van der Waals surface area contributed by atoms with E-state index in [2.05, 4.69) is 10.4 Å². The maximum Gasteiger partial charge on any atom is 0.324 e. The molecule has 9 rings (SSSR count). The first-order chi connectivity index (χ1) is 30.9. The van der Waals surface area contributed by atoms with E-state index < -0.39 is 31.6 Å². The zero-order valence-corrected chi connectivity index (χ0v) is 38.0. The molecule has 3 aromatic carbocycles. The minimum absolute atomic E-state index is 0.0569. The molecule has 16 heteroatoms. The lowest BCUT2D eigenvalue weighted by molar-refractivity contribution is -0.157. The number of para-hydroxylation sites is 1. The number of thiophene rings is 1. The lowest BCUT2D eigenvalue weighted by Gasteiger charge is -2.44. The lowest BCUT2D eigenvalue weighted by Crippen LogP contribution is -2.62. The number of likely N-dealkylation sites (tertiary alicyclic amines) is 1. The van der Waals surface area contributed by atoms with Crippen molar-refractivity contribution in [3.8, 4) is 5.75 Å². The van der Waals surface area contributed by atoms with Crippen molar-refractivity contribution in [1.82, 2.24) is 25.1 Å². The monoisotopic (exact) mass is 909 g/mol. The molecule has 1 saturated carbocycles. The molecule has 0 bridgehead atoms. The molecule has 5 aliphatic rings. The molecule has 1 aliphatic carbocycles. The summed E-state index contributed by atoms with van der Waals surface area (Å²) in [7, 11) is -3.84. The van der Waals surface area contributed by atoms with Crippen LogP contribution in [0.15, 0.2) is 84.9 Å². The number of ether oxygens (including phenoxy) is 2. The summed E-state index contributed by atoms with van der Waals surface area (Å²) in [5.74, 6) is -0.220. The second kappa shape index (κ2) is 18.8. The van der Waals surface area contributed by atoms with Crippen molar-refractivity contribution < 1.29 is 42.5 Å². The standard InChI is InChI=1S/C48H56N5O9PS/c1-30(2)61-48(58)40(22-31-9-5-3-6-10-31)50-63(59,62-38-11-7-4-8-12-38)29-32-13-16-42-35(21-32)26-43(64-42)44(54)49-39-25-34-23-33(34)24-37-14-15-41(53(37)46(39)56)47(57)52-27-36(28-52)45(55)51-17-19-60-20-18-51/h3-13,16,21,26,30,33-34,36-37,39-41H,14-15,17-20,22-25,27-29H2,1-2H3,(H,49,54)(H,50,59)/t33-,34+,37-,39+,40+,41+,63?/m1/s1. The first-order valence-corrected chi connectivity index (χ1v) is 25.2. The van der Waals surface area contributed by atoms with Gasteiger partial charge in [-0.25, -0.2) is 5.09 Å². The van der Waals surface area contributed by atoms with Crippen LogP contribution in [0.3, 0.4) is 0 Å². The van der Waals surface area contributed by atoms with Gasteiger partial charge in [0.2, 0.25) is 17.7 Å². The number of esters is 1. The van der Waals surface area contributed by atoms with E-state index in [-0.39, 0.29) is 54.3 Å². The Balaban J connectivity index is 0.896. The predicted octanol–water partition coefficient (Wildman–Crippen LogP) is 6.03. The van der Waals surface area contributed by atoms with Crippen molar-refractivity contribution in [1.29, 1.82) is 0 Å². The van der Waals surface area contributed by atoms with Crippen molar-refractivity contribution in [2.24, 2.45) is 17.8 Å². The van der Waals surface area contributed by atoms with Gasteiger partial charge in [0.15, 0.2) is 0 Å². The van der Waals surface area contributed by atoms with Gasteiger partial charge in [0.1, 0.15) is 23.9 Å². The van der Waals surface area contributed by atoms with Gasteiger partial charge in [-0.05, 0) is 111 Å². The van der Waals surface area contributed by atoms with Gasteiger partial charge in [0.05, 0.1) is 36.3 Å². The summed E-state index contributed by atoms with van der Waals surface area (Å²) in [5, 5.41) is 6.93. The maximum absolute atomic E-state index is 14.9. The zero-order valence-electron chi connectivity index (χ0n) is 36.3. The molecule has 4 amide bonds. The molecule has 1 aromatic heterocycles. The predicted molar refractivity (Wildman–Crippen MR) is 242 cm³/mol. The second-order valence-electron chi connectivity index (χ2n) is 18.2. The van der Waals surface area contributed by atoms with E-state index >= 15 is 0 Å². The number of morpholine rings is 1. The van der Waals surface area contributed by atoms with E-state index in [0.29, 0.717) is 80.3 Å². The fraction of sp³-hybridized carbons (Fsp3) is 0.479. The number of carbonyl (C=O) groups is 5. The van der Waals surface area contributed by atoms with Crippen LogP contribution >= 0.6 is 18.9 Å². The Bertz CT molecular complexity index is 2420. The molecular weight excluding hydrogens is 854 g/mol. The quantitative estimate of drug-likeness (QED) is 0.113. The number of nitrogens with one attached hydrogen (secondary N) is 2. The van der Waals surface area contributed by atoms with Gasteiger partial charge in [-0.15, -0.1) is 11.3 Å². The molecule has 0 radical (unpaired) electrons. The minimum Gasteiger partial charge on any atom is -0.462 e. The summed E-state index contributed by atoms with van der Waals surface area (Å²) in [6.45, 7) is 6.42. The molecule has 5 fully saturated rings. The SMILES string of the molecule is CC(C)OC(=O)[C@H](Cc1ccccc1)NP(=O)(Cc1ccc2sc(C(=O)N[C@H]3C[C@@H]4C[C@@H]4C[C@H]4CC[C@@H](C(=O)N5CC(C(=O)N6CCOCC6)C5)N4C3=O)cc2c1)Oc1ccccc1. The van der Waals surface area contributed by atoms with Crippen molar-refractivity contribution in [3.63, 3.8) is 0 Å². The molecule has 4 aliphatic heterocycles. The molecule has 7 atom stereocenters. The van der Waals surface area contributed by atoms with E-state index in [1.807, 2.05) is 59.5 Å². The summed E-state index contributed by atoms with van der Waals surface area (Å²) >= 11 is 1.31. The number of carbonyl (C=O) groups excluding carboxylic acids is 5. The molecule has 338 valence electrons. The number of fused-ring (bicyclic) bond motifs is 3. The Hall–Kier alpha value is -5.08. The summed E-state index contributed by atoms with van der Waals surface area (Å²) in [4.78, 5) is 74.8. The second-order valence-corrected chi connectivity index (χ2v) is 21.4. The third kappa shape index (κ3) is 9.92.